The van der Waals surface area contributed by atoms with Crippen molar-refractivity contribution < 1.29 is 19.0 Å². The van der Waals surface area contributed by atoms with E-state index in [4.69, 9.17) is 11.6 Å². The van der Waals surface area contributed by atoms with Gasteiger partial charge in [0.25, 0.3) is 0 Å². The molecule has 200 valence electrons. The van der Waals surface area contributed by atoms with E-state index >= 15 is 0 Å². The van der Waals surface area contributed by atoms with Crippen LogP contribution >= 0.6 is 11.6 Å². The highest BCUT2D eigenvalue weighted by molar-refractivity contribution is 6.30. The first-order chi connectivity index (χ1) is 18.1. The lowest BCUT2D eigenvalue weighted by molar-refractivity contribution is 0.00997. The molecular weight excluding hydrogens is 508 g/mol. The second-order valence-corrected chi connectivity index (χ2v) is 10.7. The van der Waals surface area contributed by atoms with E-state index < -0.39 is 23.3 Å². The molecule has 3 atom stereocenters. The van der Waals surface area contributed by atoms with Gasteiger partial charge in [-0.25, -0.2) is 8.78 Å². The Morgan fingerprint density at radius 2 is 1.82 bits per heavy atom. The maximum absolute atomic E-state index is 13.9. The van der Waals surface area contributed by atoms with E-state index in [0.717, 1.165) is 28.9 Å². The molecule has 0 radical (unpaired) electrons. The fraction of sp³-hybridized carbons (Fsp3) is 0.367. The third-order valence-electron chi connectivity index (χ3n) is 7.13. The molecule has 1 saturated heterocycles. The second-order valence-electron chi connectivity index (χ2n) is 10.2. The lowest BCUT2D eigenvalue weighted by atomic mass is 9.93. The second kappa shape index (κ2) is 11.8. The van der Waals surface area contributed by atoms with E-state index in [0.29, 0.717) is 48.6 Å². The van der Waals surface area contributed by atoms with Crippen molar-refractivity contribution in [3.05, 3.63) is 99.6 Å². The SMILES string of the molecule is C[C@H](O)CCc1ccc(N2CCN(C[C@@](C)(O)c3ccc(F)c(F)c3)C[C@H]2c2ccc(Cl)cc2)c(C#N)c1. The van der Waals surface area contributed by atoms with Gasteiger partial charge in [0.05, 0.1) is 29.0 Å². The summed E-state index contributed by atoms with van der Waals surface area (Å²) in [4.78, 5) is 4.29. The smallest absolute Gasteiger partial charge is 0.159 e. The number of nitrogens with zero attached hydrogens (tertiary/aromatic N) is 3. The summed E-state index contributed by atoms with van der Waals surface area (Å²) in [6.07, 6.45) is 0.889. The molecule has 0 unspecified atom stereocenters. The lowest BCUT2D eigenvalue weighted by Gasteiger charge is -2.45. The van der Waals surface area contributed by atoms with Crippen LogP contribution in [-0.2, 0) is 12.0 Å². The predicted molar refractivity (Wildman–Crippen MR) is 145 cm³/mol. The molecule has 3 aromatic carbocycles. The van der Waals surface area contributed by atoms with Crippen molar-refractivity contribution in [2.75, 3.05) is 31.1 Å². The Labute approximate surface area is 227 Å². The summed E-state index contributed by atoms with van der Waals surface area (Å²) < 4.78 is 27.3. The lowest BCUT2D eigenvalue weighted by Crippen LogP contribution is -2.52. The number of aryl methyl sites for hydroxylation is 1. The van der Waals surface area contributed by atoms with Gasteiger partial charge in [-0.3, -0.25) is 4.90 Å². The van der Waals surface area contributed by atoms with E-state index in [2.05, 4.69) is 15.9 Å². The molecule has 0 aliphatic carbocycles. The van der Waals surface area contributed by atoms with Crippen LogP contribution in [-0.4, -0.2) is 47.4 Å². The maximum atomic E-state index is 13.9. The van der Waals surface area contributed by atoms with Gasteiger partial charge in [-0.05, 0) is 79.8 Å². The number of nitriles is 1. The van der Waals surface area contributed by atoms with Crippen LogP contribution < -0.4 is 4.90 Å². The molecule has 0 spiro atoms. The summed E-state index contributed by atoms with van der Waals surface area (Å²) in [5, 5.41) is 31.4. The van der Waals surface area contributed by atoms with E-state index in [9.17, 15) is 24.3 Å². The number of benzene rings is 3. The van der Waals surface area contributed by atoms with E-state index in [-0.39, 0.29) is 12.6 Å². The fourth-order valence-corrected chi connectivity index (χ4v) is 5.18. The minimum atomic E-state index is -1.40. The Kier molecular flexibility index (Phi) is 8.69. The minimum absolute atomic E-state index is 0.141. The zero-order valence-electron chi connectivity index (χ0n) is 21.5. The van der Waals surface area contributed by atoms with Crippen LogP contribution in [0.1, 0.15) is 48.6 Å². The number of aliphatic hydroxyl groups is 2. The molecular formula is C30H32ClF2N3O2. The molecule has 1 aliphatic rings. The normalized spacial score (nSPS) is 18.6. The standard InChI is InChI=1S/C30H32ClF2N3O2/c1-20(37)3-4-21-5-12-28(23(15-21)17-34)36-14-13-35(18-29(36)22-6-9-25(31)10-7-22)19-30(2,38)24-8-11-26(32)27(33)16-24/h5-12,15-16,20,29,37-38H,3-4,13-14,18-19H2,1-2H3/t20-,29-,30+/m0/s1. The average Bonchev–Trinajstić information content (AvgIpc) is 2.89. The van der Waals surface area contributed by atoms with Gasteiger partial charge in [-0.15, -0.1) is 0 Å². The minimum Gasteiger partial charge on any atom is -0.393 e. The molecule has 1 heterocycles. The molecule has 4 rings (SSSR count). The molecule has 5 nitrogen and oxygen atoms in total. The van der Waals surface area contributed by atoms with Gasteiger partial charge in [-0.1, -0.05) is 35.9 Å². The fourth-order valence-electron chi connectivity index (χ4n) is 5.05. The topological polar surface area (TPSA) is 70.7 Å². The Morgan fingerprint density at radius 1 is 1.08 bits per heavy atom. The quantitative estimate of drug-likeness (QED) is 0.391. The van der Waals surface area contributed by atoms with Crippen LogP contribution in [0.4, 0.5) is 14.5 Å². The highest BCUT2D eigenvalue weighted by Crippen LogP contribution is 2.35. The van der Waals surface area contributed by atoms with Gasteiger partial charge in [0.2, 0.25) is 0 Å². The summed E-state index contributed by atoms with van der Waals surface area (Å²) in [5.41, 5.74) is 2.30. The van der Waals surface area contributed by atoms with E-state index in [1.165, 1.54) is 6.07 Å². The van der Waals surface area contributed by atoms with Crippen molar-refractivity contribution in [1.82, 2.24) is 4.90 Å². The molecule has 1 fully saturated rings. The zero-order valence-corrected chi connectivity index (χ0v) is 22.3. The van der Waals surface area contributed by atoms with Crippen molar-refractivity contribution in [2.24, 2.45) is 0 Å². The van der Waals surface area contributed by atoms with E-state index in [1.807, 2.05) is 42.5 Å². The first kappa shape index (κ1) is 28.0. The number of hydrogen-bond acceptors (Lipinski definition) is 5. The van der Waals surface area contributed by atoms with Crippen LogP contribution in [0.25, 0.3) is 0 Å². The van der Waals surface area contributed by atoms with Gasteiger partial charge in [0.1, 0.15) is 6.07 Å². The third-order valence-corrected chi connectivity index (χ3v) is 7.39. The van der Waals surface area contributed by atoms with Crippen molar-refractivity contribution in [3.63, 3.8) is 0 Å². The first-order valence-electron chi connectivity index (χ1n) is 12.7. The van der Waals surface area contributed by atoms with Gasteiger partial charge in [0.15, 0.2) is 11.6 Å². The van der Waals surface area contributed by atoms with Gasteiger partial charge in [-0.2, -0.15) is 5.26 Å². The average molecular weight is 540 g/mol. The molecule has 38 heavy (non-hydrogen) atoms. The number of piperazine rings is 1. The van der Waals surface area contributed by atoms with Crippen LogP contribution in [0.2, 0.25) is 5.02 Å². The van der Waals surface area contributed by atoms with Gasteiger partial charge in [0, 0.05) is 31.2 Å². The highest BCUT2D eigenvalue weighted by Gasteiger charge is 2.34. The van der Waals surface area contributed by atoms with Crippen molar-refractivity contribution >= 4 is 17.3 Å². The third kappa shape index (κ3) is 6.51. The van der Waals surface area contributed by atoms with Crippen molar-refractivity contribution in [1.29, 1.82) is 5.26 Å². The number of hydrogen-bond donors (Lipinski definition) is 2. The van der Waals surface area contributed by atoms with Crippen LogP contribution in [0, 0.1) is 23.0 Å². The van der Waals surface area contributed by atoms with Crippen molar-refractivity contribution in [2.45, 2.75) is 44.4 Å². The summed E-state index contributed by atoms with van der Waals surface area (Å²) in [5.74, 6) is -1.95. The molecule has 0 bridgehead atoms. The predicted octanol–water partition coefficient (Wildman–Crippen LogP) is 5.57. The summed E-state index contributed by atoms with van der Waals surface area (Å²) in [7, 11) is 0. The van der Waals surface area contributed by atoms with Crippen LogP contribution in [0.15, 0.2) is 60.7 Å². The highest BCUT2D eigenvalue weighted by atomic mass is 35.5. The largest absolute Gasteiger partial charge is 0.393 e. The molecule has 1 aliphatic heterocycles. The number of anilines is 1. The summed E-state index contributed by atoms with van der Waals surface area (Å²) >= 11 is 6.15. The monoisotopic (exact) mass is 539 g/mol. The molecule has 0 amide bonds. The number of β-amino-alcohol motifs (C(OH)–C–C–N with tert-alkyl or cyclic N) is 1. The number of aliphatic hydroxyl groups excluding tert-OH is 1. The Morgan fingerprint density at radius 3 is 2.47 bits per heavy atom. The van der Waals surface area contributed by atoms with E-state index in [1.54, 1.807) is 13.8 Å². The Balaban J connectivity index is 1.62. The van der Waals surface area contributed by atoms with Crippen LogP contribution in [0.3, 0.4) is 0 Å². The molecule has 8 heteroatoms. The Bertz CT molecular complexity index is 1310. The summed E-state index contributed by atoms with van der Waals surface area (Å²) in [6.45, 7) is 5.29. The Hall–Kier alpha value is -3.02. The van der Waals surface area contributed by atoms with Crippen LogP contribution in [0.5, 0.6) is 0 Å². The van der Waals surface area contributed by atoms with Crippen molar-refractivity contribution in [3.8, 4) is 6.07 Å². The molecule has 3 aromatic rings. The molecule has 0 aromatic heterocycles. The molecule has 0 saturated carbocycles. The zero-order chi connectivity index (χ0) is 27.4. The molecule has 2 N–H and O–H groups in total. The number of halogens is 3. The van der Waals surface area contributed by atoms with Gasteiger partial charge < -0.3 is 15.1 Å². The number of rotatable bonds is 8. The summed E-state index contributed by atoms with van der Waals surface area (Å²) in [6, 6.07) is 19.1. The first-order valence-corrected chi connectivity index (χ1v) is 13.1. The van der Waals surface area contributed by atoms with Gasteiger partial charge >= 0.3 is 0 Å². The maximum Gasteiger partial charge on any atom is 0.159 e.